The van der Waals surface area contributed by atoms with Gasteiger partial charge in [-0.1, -0.05) is 24.3 Å². The summed E-state index contributed by atoms with van der Waals surface area (Å²) in [5, 5.41) is 23.3. The Morgan fingerprint density at radius 1 is 1.18 bits per heavy atom. The molecular formula is C13H11NO3. The molecule has 2 rings (SSSR count). The van der Waals surface area contributed by atoms with Crippen LogP contribution in [0.15, 0.2) is 36.5 Å². The van der Waals surface area contributed by atoms with Gasteiger partial charge in [0.2, 0.25) is 6.41 Å². The second-order valence-electron chi connectivity index (χ2n) is 3.50. The van der Waals surface area contributed by atoms with Gasteiger partial charge >= 0.3 is 0 Å². The molecule has 0 aromatic heterocycles. The number of nitrogens with one attached hydrogen (secondary N) is 1. The first-order valence-electron chi connectivity index (χ1n) is 5.04. The van der Waals surface area contributed by atoms with Gasteiger partial charge in [0.25, 0.3) is 0 Å². The maximum atomic E-state index is 10.1. The predicted octanol–water partition coefficient (Wildman–Crippen LogP) is 1.97. The molecule has 2 aromatic rings. The van der Waals surface area contributed by atoms with E-state index in [1.54, 1.807) is 0 Å². The molecule has 2 aromatic carbocycles. The second-order valence-corrected chi connectivity index (χ2v) is 3.50. The van der Waals surface area contributed by atoms with Gasteiger partial charge in [-0.2, -0.15) is 0 Å². The Kier molecular flexibility index (Phi) is 2.96. The molecule has 0 saturated carbocycles. The first kappa shape index (κ1) is 11.0. The molecule has 0 heterocycles. The van der Waals surface area contributed by atoms with E-state index in [1.807, 2.05) is 24.3 Å². The quantitative estimate of drug-likeness (QED) is 0.556. The molecule has 0 atom stereocenters. The lowest BCUT2D eigenvalue weighted by atomic mass is 10.0. The zero-order valence-corrected chi connectivity index (χ0v) is 8.92. The van der Waals surface area contributed by atoms with Crippen molar-refractivity contribution in [2.45, 2.75) is 0 Å². The van der Waals surface area contributed by atoms with Crippen LogP contribution >= 0.6 is 0 Å². The monoisotopic (exact) mass is 229 g/mol. The lowest BCUT2D eigenvalue weighted by Gasteiger charge is -2.07. The standard InChI is InChI=1S/C13H11NO3/c15-8-14-6-5-11-10-4-2-1-3-9(10)7-12(16)13(11)17/h1-8,16-17H,(H,14,15). The van der Waals surface area contributed by atoms with Gasteiger partial charge in [0.1, 0.15) is 0 Å². The zero-order chi connectivity index (χ0) is 12.3. The highest BCUT2D eigenvalue weighted by Gasteiger charge is 2.09. The van der Waals surface area contributed by atoms with E-state index in [-0.39, 0.29) is 11.5 Å². The van der Waals surface area contributed by atoms with Crippen LogP contribution in [-0.4, -0.2) is 16.6 Å². The van der Waals surface area contributed by atoms with E-state index in [1.165, 1.54) is 18.3 Å². The minimum Gasteiger partial charge on any atom is -0.504 e. The van der Waals surface area contributed by atoms with Crippen molar-refractivity contribution >= 4 is 23.3 Å². The van der Waals surface area contributed by atoms with Crippen molar-refractivity contribution in [2.24, 2.45) is 0 Å². The molecule has 0 unspecified atom stereocenters. The van der Waals surface area contributed by atoms with Crippen molar-refractivity contribution in [3.63, 3.8) is 0 Å². The summed E-state index contributed by atoms with van der Waals surface area (Å²) in [6.07, 6.45) is 3.46. The van der Waals surface area contributed by atoms with Gasteiger partial charge in [-0.25, -0.2) is 0 Å². The molecule has 0 spiro atoms. The van der Waals surface area contributed by atoms with Gasteiger partial charge in [0, 0.05) is 11.8 Å². The molecule has 3 N–H and O–H groups in total. The number of aromatic hydroxyl groups is 2. The molecule has 0 bridgehead atoms. The van der Waals surface area contributed by atoms with Crippen molar-refractivity contribution < 1.29 is 15.0 Å². The Bertz CT molecular complexity index is 590. The van der Waals surface area contributed by atoms with Gasteiger partial charge in [-0.15, -0.1) is 0 Å². The fourth-order valence-corrected chi connectivity index (χ4v) is 1.69. The average Bonchev–Trinajstić information content (AvgIpc) is 2.34. The Hall–Kier alpha value is -2.49. The van der Waals surface area contributed by atoms with E-state index in [9.17, 15) is 15.0 Å². The number of phenols is 2. The number of amides is 1. The second kappa shape index (κ2) is 4.57. The summed E-state index contributed by atoms with van der Waals surface area (Å²) >= 11 is 0. The van der Waals surface area contributed by atoms with Crippen LogP contribution < -0.4 is 5.32 Å². The van der Waals surface area contributed by atoms with Crippen LogP contribution in [0.5, 0.6) is 11.5 Å². The van der Waals surface area contributed by atoms with E-state index in [4.69, 9.17) is 0 Å². The van der Waals surface area contributed by atoms with Gasteiger partial charge in [0.15, 0.2) is 11.5 Å². The first-order valence-corrected chi connectivity index (χ1v) is 5.04. The normalized spacial score (nSPS) is 10.8. The molecule has 0 radical (unpaired) electrons. The Balaban J connectivity index is 2.65. The molecule has 0 aliphatic carbocycles. The number of phenolic OH excluding ortho intramolecular Hbond substituents is 2. The largest absolute Gasteiger partial charge is 0.504 e. The first-order chi connectivity index (χ1) is 8.24. The predicted molar refractivity (Wildman–Crippen MR) is 65.5 cm³/mol. The van der Waals surface area contributed by atoms with Gasteiger partial charge in [-0.05, 0) is 22.9 Å². The smallest absolute Gasteiger partial charge is 0.211 e. The minimum atomic E-state index is -0.201. The molecule has 0 fully saturated rings. The van der Waals surface area contributed by atoms with Crippen molar-refractivity contribution in [3.05, 3.63) is 42.1 Å². The number of benzene rings is 2. The van der Waals surface area contributed by atoms with Crippen LogP contribution in [0.1, 0.15) is 5.56 Å². The molecular weight excluding hydrogens is 218 g/mol. The van der Waals surface area contributed by atoms with E-state index < -0.39 is 0 Å². The number of hydrogen-bond acceptors (Lipinski definition) is 3. The van der Waals surface area contributed by atoms with Crippen LogP contribution in [-0.2, 0) is 4.79 Å². The summed E-state index contributed by atoms with van der Waals surface area (Å²) < 4.78 is 0. The van der Waals surface area contributed by atoms with Crippen LogP contribution in [0.2, 0.25) is 0 Å². The van der Waals surface area contributed by atoms with Gasteiger partial charge in [0.05, 0.1) is 0 Å². The fourth-order valence-electron chi connectivity index (χ4n) is 1.69. The van der Waals surface area contributed by atoms with E-state index in [0.717, 1.165) is 10.8 Å². The van der Waals surface area contributed by atoms with E-state index in [0.29, 0.717) is 12.0 Å². The maximum Gasteiger partial charge on any atom is 0.211 e. The third-order valence-corrected chi connectivity index (χ3v) is 2.46. The van der Waals surface area contributed by atoms with Crippen LogP contribution in [0.3, 0.4) is 0 Å². The minimum absolute atomic E-state index is 0.186. The molecule has 86 valence electrons. The third kappa shape index (κ3) is 2.06. The average molecular weight is 229 g/mol. The van der Waals surface area contributed by atoms with Crippen LogP contribution in [0.25, 0.3) is 16.8 Å². The molecule has 17 heavy (non-hydrogen) atoms. The highest BCUT2D eigenvalue weighted by molar-refractivity contribution is 5.95. The van der Waals surface area contributed by atoms with E-state index >= 15 is 0 Å². The molecule has 0 aliphatic rings. The topological polar surface area (TPSA) is 69.6 Å². The maximum absolute atomic E-state index is 10.1. The molecule has 1 amide bonds. The zero-order valence-electron chi connectivity index (χ0n) is 8.92. The van der Waals surface area contributed by atoms with Gasteiger partial charge in [-0.3, -0.25) is 4.79 Å². The summed E-state index contributed by atoms with van der Waals surface area (Å²) in [6.45, 7) is 0. The highest BCUT2D eigenvalue weighted by Crippen LogP contribution is 2.36. The third-order valence-electron chi connectivity index (χ3n) is 2.46. The Labute approximate surface area is 97.8 Å². The number of rotatable bonds is 3. The molecule has 4 heteroatoms. The van der Waals surface area contributed by atoms with Crippen molar-refractivity contribution in [1.29, 1.82) is 0 Å². The lowest BCUT2D eigenvalue weighted by Crippen LogP contribution is -1.98. The summed E-state index contributed by atoms with van der Waals surface area (Å²) in [6, 6.07) is 8.84. The summed E-state index contributed by atoms with van der Waals surface area (Å²) in [4.78, 5) is 10.1. The van der Waals surface area contributed by atoms with Crippen LogP contribution in [0.4, 0.5) is 0 Å². The highest BCUT2D eigenvalue weighted by atomic mass is 16.3. The molecule has 0 aliphatic heterocycles. The number of carbonyl (C=O) groups excluding carboxylic acids is 1. The molecule has 4 nitrogen and oxygen atoms in total. The van der Waals surface area contributed by atoms with Crippen LogP contribution in [0, 0.1) is 0 Å². The number of hydrogen-bond donors (Lipinski definition) is 3. The Morgan fingerprint density at radius 2 is 1.94 bits per heavy atom. The number of carbonyl (C=O) groups is 1. The Morgan fingerprint density at radius 3 is 2.71 bits per heavy atom. The summed E-state index contributed by atoms with van der Waals surface area (Å²) in [7, 11) is 0. The van der Waals surface area contributed by atoms with E-state index in [2.05, 4.69) is 5.32 Å². The lowest BCUT2D eigenvalue weighted by molar-refractivity contribution is -0.108. The molecule has 0 saturated heterocycles. The number of fused-ring (bicyclic) bond motifs is 1. The SMILES string of the molecule is O=CNC=Cc1c(O)c(O)cc2ccccc12. The van der Waals surface area contributed by atoms with Crippen molar-refractivity contribution in [1.82, 2.24) is 5.32 Å². The summed E-state index contributed by atoms with van der Waals surface area (Å²) in [5.41, 5.74) is 0.468. The van der Waals surface area contributed by atoms with Crippen molar-refractivity contribution in [3.8, 4) is 11.5 Å². The van der Waals surface area contributed by atoms with Crippen molar-refractivity contribution in [2.75, 3.05) is 0 Å². The fraction of sp³-hybridized carbons (Fsp3) is 0. The summed E-state index contributed by atoms with van der Waals surface area (Å²) in [5.74, 6) is -0.387. The van der Waals surface area contributed by atoms with Gasteiger partial charge < -0.3 is 15.5 Å².